The highest BCUT2D eigenvalue weighted by atomic mass is 19.4. The average Bonchev–Trinajstić information content (AvgIpc) is 3.30. The molecule has 230 valence electrons. The number of H-pyrrole nitrogens is 1. The van der Waals surface area contributed by atoms with Gasteiger partial charge in [-0.3, -0.25) is 14.5 Å². The number of carbonyl (C=O) groups excluding carboxylic acids is 1. The summed E-state index contributed by atoms with van der Waals surface area (Å²) in [6.07, 6.45) is -0.984. The van der Waals surface area contributed by atoms with E-state index in [1.807, 2.05) is 16.1 Å². The van der Waals surface area contributed by atoms with E-state index in [1.54, 1.807) is 4.90 Å². The number of allylic oxidation sites excluding steroid dienone is 3. The molecule has 0 bridgehead atoms. The average molecular weight is 601 g/mol. The van der Waals surface area contributed by atoms with Crippen molar-refractivity contribution in [3.05, 3.63) is 50.7 Å². The van der Waals surface area contributed by atoms with Crippen molar-refractivity contribution in [1.82, 2.24) is 24.9 Å². The molecule has 5 rings (SSSR count). The van der Waals surface area contributed by atoms with Gasteiger partial charge in [-0.05, 0) is 56.7 Å². The maximum absolute atomic E-state index is 13.7. The van der Waals surface area contributed by atoms with Crippen LogP contribution in [0.3, 0.4) is 0 Å². The Labute approximate surface area is 239 Å². The fourth-order valence-corrected chi connectivity index (χ4v) is 6.44. The van der Waals surface area contributed by atoms with Crippen LogP contribution in [0.25, 0.3) is 0 Å². The maximum atomic E-state index is 13.7. The molecule has 4 heterocycles. The van der Waals surface area contributed by atoms with Crippen molar-refractivity contribution < 1.29 is 31.1 Å². The number of alkyl halides is 6. The second-order valence-corrected chi connectivity index (χ2v) is 11.3. The summed E-state index contributed by atoms with van der Waals surface area (Å²) in [5, 5.41) is 6.06. The van der Waals surface area contributed by atoms with E-state index in [1.165, 1.54) is 0 Å². The number of rotatable bonds is 3. The maximum Gasteiger partial charge on any atom is 0.422 e. The topological polar surface area (TPSA) is 84.9 Å². The Bertz CT molecular complexity index is 1310. The Kier molecular flexibility index (Phi) is 8.81. The van der Waals surface area contributed by atoms with Gasteiger partial charge in [-0.1, -0.05) is 18.9 Å². The van der Waals surface area contributed by atoms with Crippen molar-refractivity contribution in [3.8, 4) is 0 Å². The van der Waals surface area contributed by atoms with Crippen LogP contribution in [0.4, 0.5) is 26.3 Å². The summed E-state index contributed by atoms with van der Waals surface area (Å²) in [6, 6.07) is -0.414. The molecule has 1 aromatic heterocycles. The summed E-state index contributed by atoms with van der Waals surface area (Å²) < 4.78 is 80.4. The highest BCUT2D eigenvalue weighted by molar-refractivity contribution is 5.81. The van der Waals surface area contributed by atoms with Crippen LogP contribution in [0.2, 0.25) is 0 Å². The second-order valence-electron chi connectivity index (χ2n) is 11.3. The number of hydrogen-bond donors (Lipinski definition) is 1. The molecule has 0 saturated carbocycles. The molecule has 1 amide bonds. The van der Waals surface area contributed by atoms with Gasteiger partial charge in [-0.2, -0.15) is 31.4 Å². The third kappa shape index (κ3) is 6.57. The minimum absolute atomic E-state index is 0.0254. The Morgan fingerprint density at radius 1 is 0.905 bits per heavy atom. The highest BCUT2D eigenvalue weighted by Crippen LogP contribution is 2.40. The lowest BCUT2D eigenvalue weighted by molar-refractivity contribution is -0.139. The van der Waals surface area contributed by atoms with E-state index in [-0.39, 0.29) is 35.9 Å². The molecule has 14 heteroatoms. The first-order chi connectivity index (χ1) is 19.9. The zero-order valence-corrected chi connectivity index (χ0v) is 23.1. The Morgan fingerprint density at radius 2 is 1.64 bits per heavy atom. The van der Waals surface area contributed by atoms with Gasteiger partial charge >= 0.3 is 12.4 Å². The molecule has 8 nitrogen and oxygen atoms in total. The molecule has 4 aliphatic rings. The highest BCUT2D eigenvalue weighted by Gasteiger charge is 2.43. The number of nitrogens with zero attached hydrogens (tertiary/aromatic N) is 5. The fraction of sp³-hybridized carbons (Fsp3) is 0.643. The molecule has 0 spiro atoms. The van der Waals surface area contributed by atoms with Crippen LogP contribution in [0, 0.1) is 5.92 Å². The molecule has 1 N–H and O–H groups in total. The van der Waals surface area contributed by atoms with Gasteiger partial charge in [-0.15, -0.1) is 0 Å². The standard InChI is InChI=1S/C28H34F6N6O2/c29-27(30,31)19-7-3-4-8-22(35-16-19)38-12-14-39(15-13-38)26(42)18-6-2-1-5-11-40(17-18)21-10-9-20-23(28(32,33)34)25(41)37-36-24(20)21/h7-8,16,18,21H,1-6,9-15,17H2,(H,37,41)/b19-7?,22-8+,35-16-. The molecular formula is C28H34F6N6O2. The quantitative estimate of drug-likeness (QED) is 0.513. The van der Waals surface area contributed by atoms with E-state index in [4.69, 9.17) is 0 Å². The van der Waals surface area contributed by atoms with Crippen molar-refractivity contribution in [2.24, 2.45) is 10.9 Å². The lowest BCUT2D eigenvalue weighted by atomic mass is 9.94. The zero-order chi connectivity index (χ0) is 30.1. The van der Waals surface area contributed by atoms with Crippen LogP contribution in [0.5, 0.6) is 0 Å². The minimum atomic E-state index is -4.78. The number of aliphatic imine (C=N–C) groups is 1. The van der Waals surface area contributed by atoms with E-state index in [9.17, 15) is 35.9 Å². The van der Waals surface area contributed by atoms with Crippen molar-refractivity contribution in [1.29, 1.82) is 0 Å². The second kappa shape index (κ2) is 12.2. The number of amides is 1. The molecule has 1 aromatic rings. The van der Waals surface area contributed by atoms with E-state index in [0.29, 0.717) is 64.4 Å². The summed E-state index contributed by atoms with van der Waals surface area (Å²) >= 11 is 0. The Hall–Kier alpha value is -3.16. The van der Waals surface area contributed by atoms with Gasteiger partial charge < -0.3 is 9.80 Å². The number of halogens is 6. The number of hydrogen-bond acceptors (Lipinski definition) is 6. The van der Waals surface area contributed by atoms with Crippen LogP contribution in [0.15, 0.2) is 33.3 Å². The van der Waals surface area contributed by atoms with Crippen molar-refractivity contribution in [2.45, 2.75) is 69.8 Å². The molecule has 0 radical (unpaired) electrons. The summed E-state index contributed by atoms with van der Waals surface area (Å²) in [5.74, 6) is 0.101. The van der Waals surface area contributed by atoms with Gasteiger partial charge in [0.1, 0.15) is 11.4 Å². The van der Waals surface area contributed by atoms with Crippen LogP contribution < -0.4 is 5.56 Å². The largest absolute Gasteiger partial charge is 0.422 e. The van der Waals surface area contributed by atoms with E-state index in [2.05, 4.69) is 15.0 Å². The lowest BCUT2D eigenvalue weighted by Crippen LogP contribution is -2.51. The molecule has 3 aliphatic heterocycles. The Morgan fingerprint density at radius 3 is 2.36 bits per heavy atom. The van der Waals surface area contributed by atoms with Crippen molar-refractivity contribution in [3.63, 3.8) is 0 Å². The monoisotopic (exact) mass is 600 g/mol. The molecule has 2 fully saturated rings. The van der Waals surface area contributed by atoms with Crippen LogP contribution in [-0.2, 0) is 17.4 Å². The summed E-state index contributed by atoms with van der Waals surface area (Å²) in [4.78, 5) is 35.5. The van der Waals surface area contributed by atoms with Gasteiger partial charge in [-0.25, -0.2) is 10.1 Å². The predicted octanol–water partition coefficient (Wildman–Crippen LogP) is 4.61. The molecule has 0 aromatic carbocycles. The van der Waals surface area contributed by atoms with E-state index in [0.717, 1.165) is 31.6 Å². The fourth-order valence-electron chi connectivity index (χ4n) is 6.44. The van der Waals surface area contributed by atoms with Crippen LogP contribution in [-0.4, -0.2) is 82.5 Å². The van der Waals surface area contributed by atoms with Gasteiger partial charge in [0, 0.05) is 38.9 Å². The zero-order valence-electron chi connectivity index (χ0n) is 23.1. The first kappa shape index (κ1) is 30.3. The molecule has 2 saturated heterocycles. The van der Waals surface area contributed by atoms with Crippen LogP contribution >= 0.6 is 0 Å². The third-order valence-corrected chi connectivity index (χ3v) is 8.56. The lowest BCUT2D eigenvalue weighted by Gasteiger charge is -2.39. The van der Waals surface area contributed by atoms with Gasteiger partial charge in [0.25, 0.3) is 5.56 Å². The number of piperazine rings is 1. The minimum Gasteiger partial charge on any atom is -0.353 e. The normalized spacial score (nSPS) is 26.7. The van der Waals surface area contributed by atoms with Crippen molar-refractivity contribution in [2.75, 3.05) is 39.3 Å². The van der Waals surface area contributed by atoms with Gasteiger partial charge in [0.15, 0.2) is 0 Å². The van der Waals surface area contributed by atoms with E-state index >= 15 is 0 Å². The van der Waals surface area contributed by atoms with Crippen LogP contribution in [0.1, 0.15) is 67.8 Å². The number of aromatic nitrogens is 2. The SMILES string of the molecule is O=C(C1CCCCCN(C2CCc3c2n[nH]c(=O)c3C(F)(F)F)C1)N1CCN(C2=C/CCC=C(C(F)(F)F)/C=N\2)CC1. The van der Waals surface area contributed by atoms with Gasteiger partial charge in [0.05, 0.1) is 23.2 Å². The predicted molar refractivity (Wildman–Crippen MR) is 143 cm³/mol. The molecule has 42 heavy (non-hydrogen) atoms. The first-order valence-corrected chi connectivity index (χ1v) is 14.4. The number of fused-ring (bicyclic) bond motifs is 1. The molecular weight excluding hydrogens is 566 g/mol. The smallest absolute Gasteiger partial charge is 0.353 e. The Balaban J connectivity index is 1.25. The molecule has 2 atom stereocenters. The van der Waals surface area contributed by atoms with Gasteiger partial charge in [0.2, 0.25) is 5.91 Å². The number of likely N-dealkylation sites (tertiary alicyclic amines) is 1. The number of aromatic amines is 1. The number of carbonyl (C=O) groups is 1. The number of nitrogens with one attached hydrogen (secondary N) is 1. The van der Waals surface area contributed by atoms with Crippen molar-refractivity contribution >= 4 is 12.1 Å². The summed E-state index contributed by atoms with van der Waals surface area (Å²) in [7, 11) is 0. The molecule has 2 unspecified atom stereocenters. The summed E-state index contributed by atoms with van der Waals surface area (Å²) in [6.45, 7) is 2.66. The first-order valence-electron chi connectivity index (χ1n) is 14.4. The summed E-state index contributed by atoms with van der Waals surface area (Å²) in [5.41, 5.74) is -3.00. The third-order valence-electron chi connectivity index (χ3n) is 8.56. The van der Waals surface area contributed by atoms with E-state index < -0.39 is 35.1 Å². The molecule has 1 aliphatic carbocycles.